The molecule has 0 bridgehead atoms. The van der Waals surface area contributed by atoms with E-state index in [1.807, 2.05) is 6.20 Å². The molecule has 1 nitrogen and oxygen atoms in total. The Bertz CT molecular complexity index is 67.0. The highest BCUT2D eigenvalue weighted by atomic mass is 14.8. The molecule has 0 atom stereocenters. The predicted molar refractivity (Wildman–Crippen MR) is 42.3 cm³/mol. The zero-order valence-corrected chi connectivity index (χ0v) is 6.48. The maximum Gasteiger partial charge on any atom is 0.0112 e. The minimum absolute atomic E-state index is 1.03. The van der Waals surface area contributed by atoms with E-state index in [2.05, 4.69) is 25.2 Å². The first-order valence-corrected chi connectivity index (χ1v) is 3.80. The van der Waals surface area contributed by atoms with Gasteiger partial charge in [0, 0.05) is 6.54 Å². The molecule has 0 radical (unpaired) electrons. The monoisotopic (exact) mass is 127 g/mol. The number of rotatable bonds is 5. The molecule has 0 spiro atoms. The van der Waals surface area contributed by atoms with E-state index in [-0.39, 0.29) is 0 Å². The van der Waals surface area contributed by atoms with Crippen LogP contribution in [0.1, 0.15) is 33.1 Å². The lowest BCUT2D eigenvalue weighted by atomic mass is 10.2. The third-order valence-corrected chi connectivity index (χ3v) is 1.16. The standard InChI is InChI=1S/C8H17N/c1-3-5-6-7-8-9-4-2/h7-9H,3-6H2,1-2H3/b8-7-. The van der Waals surface area contributed by atoms with E-state index < -0.39 is 0 Å². The van der Waals surface area contributed by atoms with Crippen LogP contribution in [0.2, 0.25) is 0 Å². The van der Waals surface area contributed by atoms with Crippen molar-refractivity contribution < 1.29 is 0 Å². The van der Waals surface area contributed by atoms with Gasteiger partial charge in [-0.1, -0.05) is 25.8 Å². The van der Waals surface area contributed by atoms with Crippen molar-refractivity contribution in [2.45, 2.75) is 33.1 Å². The van der Waals surface area contributed by atoms with Gasteiger partial charge in [-0.3, -0.25) is 0 Å². The van der Waals surface area contributed by atoms with Crippen LogP contribution in [0.25, 0.3) is 0 Å². The van der Waals surface area contributed by atoms with Crippen LogP contribution in [-0.4, -0.2) is 6.54 Å². The van der Waals surface area contributed by atoms with Crippen molar-refractivity contribution >= 4 is 0 Å². The van der Waals surface area contributed by atoms with Crippen LogP contribution in [0.3, 0.4) is 0 Å². The van der Waals surface area contributed by atoms with Crippen LogP contribution in [0.5, 0.6) is 0 Å². The van der Waals surface area contributed by atoms with E-state index in [4.69, 9.17) is 0 Å². The summed E-state index contributed by atoms with van der Waals surface area (Å²) in [5.74, 6) is 0. The third-order valence-electron chi connectivity index (χ3n) is 1.16. The maximum atomic E-state index is 3.13. The fraction of sp³-hybridized carbons (Fsp3) is 0.750. The van der Waals surface area contributed by atoms with Gasteiger partial charge in [-0.15, -0.1) is 0 Å². The molecule has 1 N–H and O–H groups in total. The van der Waals surface area contributed by atoms with Crippen molar-refractivity contribution in [3.8, 4) is 0 Å². The largest absolute Gasteiger partial charge is 0.391 e. The number of allylic oxidation sites excluding steroid dienone is 1. The summed E-state index contributed by atoms with van der Waals surface area (Å²) in [4.78, 5) is 0. The van der Waals surface area contributed by atoms with Gasteiger partial charge in [0.1, 0.15) is 0 Å². The van der Waals surface area contributed by atoms with Crippen LogP contribution < -0.4 is 5.32 Å². The molecular formula is C8H17N. The fourth-order valence-electron chi connectivity index (χ4n) is 0.606. The highest BCUT2D eigenvalue weighted by Crippen LogP contribution is 1.93. The van der Waals surface area contributed by atoms with Crippen LogP contribution in [-0.2, 0) is 0 Å². The van der Waals surface area contributed by atoms with E-state index in [9.17, 15) is 0 Å². The molecule has 0 aromatic rings. The summed E-state index contributed by atoms with van der Waals surface area (Å²) in [5, 5.41) is 3.13. The molecule has 0 aliphatic carbocycles. The maximum absolute atomic E-state index is 3.13. The van der Waals surface area contributed by atoms with E-state index >= 15 is 0 Å². The lowest BCUT2D eigenvalue weighted by Gasteiger charge is -1.91. The Hall–Kier alpha value is -0.460. The molecule has 0 aromatic heterocycles. The summed E-state index contributed by atoms with van der Waals surface area (Å²) in [6, 6.07) is 0. The molecule has 0 heterocycles. The molecule has 0 rings (SSSR count). The topological polar surface area (TPSA) is 12.0 Å². The van der Waals surface area contributed by atoms with Crippen molar-refractivity contribution in [2.24, 2.45) is 0 Å². The van der Waals surface area contributed by atoms with Crippen molar-refractivity contribution in [2.75, 3.05) is 6.54 Å². The van der Waals surface area contributed by atoms with Gasteiger partial charge in [-0.2, -0.15) is 0 Å². The van der Waals surface area contributed by atoms with Crippen molar-refractivity contribution in [3.05, 3.63) is 12.3 Å². The Kier molecular flexibility index (Phi) is 7.15. The molecule has 9 heavy (non-hydrogen) atoms. The smallest absolute Gasteiger partial charge is 0.0112 e. The predicted octanol–water partition coefficient (Wildman–Crippen LogP) is 2.30. The molecule has 0 aromatic carbocycles. The first kappa shape index (κ1) is 8.54. The average Bonchev–Trinajstić information content (AvgIpc) is 1.89. The highest BCUT2D eigenvalue weighted by molar-refractivity contribution is 4.78. The first-order chi connectivity index (χ1) is 4.41. The number of unbranched alkanes of at least 4 members (excludes halogenated alkanes) is 2. The lowest BCUT2D eigenvalue weighted by molar-refractivity contribution is 0.806. The molecular weight excluding hydrogens is 110 g/mol. The van der Waals surface area contributed by atoms with Gasteiger partial charge < -0.3 is 5.32 Å². The summed E-state index contributed by atoms with van der Waals surface area (Å²) >= 11 is 0. The SMILES string of the molecule is CCCC/C=C\NCC. The normalized spacial score (nSPS) is 10.4. The lowest BCUT2D eigenvalue weighted by Crippen LogP contribution is -2.00. The molecule has 0 saturated carbocycles. The Morgan fingerprint density at radius 1 is 1.33 bits per heavy atom. The zero-order valence-electron chi connectivity index (χ0n) is 6.48. The van der Waals surface area contributed by atoms with Gasteiger partial charge in [0.2, 0.25) is 0 Å². The number of hydrogen-bond donors (Lipinski definition) is 1. The van der Waals surface area contributed by atoms with Crippen molar-refractivity contribution in [1.29, 1.82) is 0 Å². The summed E-state index contributed by atoms with van der Waals surface area (Å²) in [6.45, 7) is 5.34. The van der Waals surface area contributed by atoms with Crippen molar-refractivity contribution in [1.82, 2.24) is 5.32 Å². The summed E-state index contributed by atoms with van der Waals surface area (Å²) in [7, 11) is 0. The summed E-state index contributed by atoms with van der Waals surface area (Å²) in [5.41, 5.74) is 0. The highest BCUT2D eigenvalue weighted by Gasteiger charge is 1.75. The van der Waals surface area contributed by atoms with E-state index in [1.54, 1.807) is 0 Å². The van der Waals surface area contributed by atoms with Gasteiger partial charge in [-0.25, -0.2) is 0 Å². The Labute approximate surface area is 58.2 Å². The van der Waals surface area contributed by atoms with Gasteiger partial charge in [0.25, 0.3) is 0 Å². The molecule has 0 amide bonds. The first-order valence-electron chi connectivity index (χ1n) is 3.80. The van der Waals surface area contributed by atoms with Crippen LogP contribution in [0.4, 0.5) is 0 Å². The molecule has 0 fully saturated rings. The van der Waals surface area contributed by atoms with E-state index in [0.717, 1.165) is 6.54 Å². The quantitative estimate of drug-likeness (QED) is 0.559. The summed E-state index contributed by atoms with van der Waals surface area (Å²) < 4.78 is 0. The third kappa shape index (κ3) is 7.54. The Balaban J connectivity index is 2.86. The van der Waals surface area contributed by atoms with Crippen LogP contribution >= 0.6 is 0 Å². The number of nitrogens with one attached hydrogen (secondary N) is 1. The molecule has 0 aliphatic rings. The van der Waals surface area contributed by atoms with Crippen LogP contribution in [0, 0.1) is 0 Å². The van der Waals surface area contributed by atoms with Gasteiger partial charge in [-0.05, 0) is 19.5 Å². The van der Waals surface area contributed by atoms with Crippen molar-refractivity contribution in [3.63, 3.8) is 0 Å². The van der Waals surface area contributed by atoms with E-state index in [1.165, 1.54) is 19.3 Å². The second kappa shape index (κ2) is 7.54. The van der Waals surface area contributed by atoms with Crippen LogP contribution in [0.15, 0.2) is 12.3 Å². The average molecular weight is 127 g/mol. The fourth-order valence-corrected chi connectivity index (χ4v) is 0.606. The zero-order chi connectivity index (χ0) is 6.95. The number of hydrogen-bond acceptors (Lipinski definition) is 1. The minimum atomic E-state index is 1.03. The molecule has 0 aliphatic heterocycles. The Morgan fingerprint density at radius 3 is 2.67 bits per heavy atom. The summed E-state index contributed by atoms with van der Waals surface area (Å²) in [6.07, 6.45) is 8.03. The molecule has 0 unspecified atom stereocenters. The van der Waals surface area contributed by atoms with Gasteiger partial charge >= 0.3 is 0 Å². The van der Waals surface area contributed by atoms with E-state index in [0.29, 0.717) is 0 Å². The Morgan fingerprint density at radius 2 is 2.11 bits per heavy atom. The van der Waals surface area contributed by atoms with Gasteiger partial charge in [0.05, 0.1) is 0 Å². The minimum Gasteiger partial charge on any atom is -0.391 e. The second-order valence-electron chi connectivity index (χ2n) is 2.10. The molecule has 0 saturated heterocycles. The second-order valence-corrected chi connectivity index (χ2v) is 2.10. The molecule has 54 valence electrons. The molecule has 1 heteroatoms. The van der Waals surface area contributed by atoms with Gasteiger partial charge in [0.15, 0.2) is 0 Å².